The zero-order valence-corrected chi connectivity index (χ0v) is 8.38. The predicted molar refractivity (Wildman–Crippen MR) is 53.7 cm³/mol. The Morgan fingerprint density at radius 1 is 1.36 bits per heavy atom. The first-order valence-electron chi connectivity index (χ1n) is 5.37. The van der Waals surface area contributed by atoms with Crippen molar-refractivity contribution in [2.75, 3.05) is 6.61 Å². The highest BCUT2D eigenvalue weighted by Gasteiger charge is 2.34. The Morgan fingerprint density at radius 3 is 2.57 bits per heavy atom. The van der Waals surface area contributed by atoms with Gasteiger partial charge in [-0.2, -0.15) is 0 Å². The first kappa shape index (κ1) is 9.71. The van der Waals surface area contributed by atoms with Crippen LogP contribution in [0.3, 0.4) is 0 Å². The van der Waals surface area contributed by atoms with Gasteiger partial charge in [0.15, 0.2) is 5.78 Å². The highest BCUT2D eigenvalue weighted by molar-refractivity contribution is 5.92. The first-order valence-corrected chi connectivity index (χ1v) is 5.37. The van der Waals surface area contributed by atoms with Crippen molar-refractivity contribution in [1.29, 1.82) is 0 Å². The molecule has 0 bridgehead atoms. The fourth-order valence-electron chi connectivity index (χ4n) is 2.41. The summed E-state index contributed by atoms with van der Waals surface area (Å²) in [5.41, 5.74) is 0.891. The van der Waals surface area contributed by atoms with E-state index < -0.39 is 0 Å². The van der Waals surface area contributed by atoms with Crippen LogP contribution in [0.25, 0.3) is 0 Å². The molecule has 3 heteroatoms. The lowest BCUT2D eigenvalue weighted by atomic mass is 9.98. The lowest BCUT2D eigenvalue weighted by molar-refractivity contribution is -0.114. The summed E-state index contributed by atoms with van der Waals surface area (Å²) >= 11 is 0. The van der Waals surface area contributed by atoms with Crippen LogP contribution in [-0.2, 0) is 4.79 Å². The normalized spacial score (nSPS) is 25.2. The van der Waals surface area contributed by atoms with Gasteiger partial charge in [0.1, 0.15) is 0 Å². The second-order valence-electron chi connectivity index (χ2n) is 4.41. The number of rotatable bonds is 3. The van der Waals surface area contributed by atoms with Crippen LogP contribution >= 0.6 is 0 Å². The van der Waals surface area contributed by atoms with Crippen molar-refractivity contribution in [1.82, 2.24) is 5.32 Å². The van der Waals surface area contributed by atoms with Crippen LogP contribution in [0.4, 0.5) is 0 Å². The summed E-state index contributed by atoms with van der Waals surface area (Å²) in [5.74, 6) is 0.207. The fraction of sp³-hybridized carbons (Fsp3) is 0.727. The maximum atomic E-state index is 11.0. The third-order valence-electron chi connectivity index (χ3n) is 3.27. The van der Waals surface area contributed by atoms with Crippen LogP contribution < -0.4 is 5.32 Å². The second kappa shape index (κ2) is 3.73. The molecule has 0 aliphatic heterocycles. The van der Waals surface area contributed by atoms with Gasteiger partial charge in [-0.05, 0) is 19.3 Å². The van der Waals surface area contributed by atoms with Crippen LogP contribution in [0.2, 0.25) is 0 Å². The van der Waals surface area contributed by atoms with E-state index in [0.29, 0.717) is 6.42 Å². The largest absolute Gasteiger partial charge is 0.394 e. The van der Waals surface area contributed by atoms with Gasteiger partial charge in [0, 0.05) is 18.2 Å². The number of ketones is 1. The first-order chi connectivity index (χ1) is 6.74. The van der Waals surface area contributed by atoms with Crippen molar-refractivity contribution >= 4 is 5.78 Å². The maximum absolute atomic E-state index is 11.0. The molecule has 0 heterocycles. The Hall–Kier alpha value is -0.830. The maximum Gasteiger partial charge on any atom is 0.157 e. The van der Waals surface area contributed by atoms with Crippen molar-refractivity contribution in [3.05, 3.63) is 11.8 Å². The summed E-state index contributed by atoms with van der Waals surface area (Å²) in [5, 5.41) is 12.7. The minimum atomic E-state index is -0.129. The number of aliphatic hydroxyl groups excluding tert-OH is 1. The summed E-state index contributed by atoms with van der Waals surface area (Å²) in [6.45, 7) is 0.179. The number of aliphatic hydroxyl groups is 1. The van der Waals surface area contributed by atoms with Crippen LogP contribution in [0.1, 0.15) is 38.5 Å². The summed E-state index contributed by atoms with van der Waals surface area (Å²) in [6.07, 6.45) is 7.54. The molecule has 0 aromatic rings. The molecule has 0 spiro atoms. The second-order valence-corrected chi connectivity index (χ2v) is 4.41. The van der Waals surface area contributed by atoms with Gasteiger partial charge in [0.2, 0.25) is 0 Å². The van der Waals surface area contributed by atoms with Gasteiger partial charge in [-0.25, -0.2) is 0 Å². The molecule has 14 heavy (non-hydrogen) atoms. The number of allylic oxidation sites excluding steroid dienone is 2. The third-order valence-corrected chi connectivity index (χ3v) is 3.27. The summed E-state index contributed by atoms with van der Waals surface area (Å²) in [6, 6.07) is 0. The van der Waals surface area contributed by atoms with E-state index in [1.165, 1.54) is 12.8 Å². The molecular formula is C11H17NO2. The zero-order chi connectivity index (χ0) is 10.0. The lowest BCUT2D eigenvalue weighted by Crippen LogP contribution is -2.45. The highest BCUT2D eigenvalue weighted by atomic mass is 16.3. The molecule has 78 valence electrons. The fourth-order valence-corrected chi connectivity index (χ4v) is 2.41. The van der Waals surface area contributed by atoms with Gasteiger partial charge in [-0.1, -0.05) is 12.8 Å². The zero-order valence-electron chi connectivity index (χ0n) is 8.38. The van der Waals surface area contributed by atoms with Crippen molar-refractivity contribution in [2.45, 2.75) is 44.1 Å². The van der Waals surface area contributed by atoms with Crippen LogP contribution in [0.5, 0.6) is 0 Å². The van der Waals surface area contributed by atoms with Crippen molar-refractivity contribution in [2.24, 2.45) is 0 Å². The topological polar surface area (TPSA) is 49.3 Å². The highest BCUT2D eigenvalue weighted by Crippen LogP contribution is 2.31. The van der Waals surface area contributed by atoms with E-state index in [1.54, 1.807) is 6.08 Å². The number of carbonyl (C=O) groups excluding carboxylic acids is 1. The van der Waals surface area contributed by atoms with Gasteiger partial charge in [-0.3, -0.25) is 4.79 Å². The van der Waals surface area contributed by atoms with Gasteiger partial charge in [-0.15, -0.1) is 0 Å². The Balaban J connectivity index is 2.01. The molecule has 2 aliphatic carbocycles. The molecule has 0 unspecified atom stereocenters. The molecule has 1 saturated carbocycles. The van der Waals surface area contributed by atoms with Crippen molar-refractivity contribution < 1.29 is 9.90 Å². The van der Waals surface area contributed by atoms with E-state index in [2.05, 4.69) is 5.32 Å². The minimum Gasteiger partial charge on any atom is -0.394 e. The Bertz CT molecular complexity index is 264. The SMILES string of the molecule is O=C1C=C(NC2(CO)CCCC2)CC1. The van der Waals surface area contributed by atoms with E-state index in [4.69, 9.17) is 0 Å². The lowest BCUT2D eigenvalue weighted by Gasteiger charge is -2.29. The number of hydrogen-bond donors (Lipinski definition) is 2. The molecular weight excluding hydrogens is 178 g/mol. The summed E-state index contributed by atoms with van der Waals surface area (Å²) < 4.78 is 0. The summed E-state index contributed by atoms with van der Waals surface area (Å²) in [4.78, 5) is 11.0. The molecule has 2 N–H and O–H groups in total. The van der Waals surface area contributed by atoms with Crippen LogP contribution in [0, 0.1) is 0 Å². The monoisotopic (exact) mass is 195 g/mol. The average Bonchev–Trinajstić information content (AvgIpc) is 2.77. The van der Waals surface area contributed by atoms with Crippen molar-refractivity contribution in [3.8, 4) is 0 Å². The smallest absolute Gasteiger partial charge is 0.157 e. The van der Waals surface area contributed by atoms with E-state index >= 15 is 0 Å². The average molecular weight is 195 g/mol. The van der Waals surface area contributed by atoms with E-state index in [9.17, 15) is 9.90 Å². The van der Waals surface area contributed by atoms with Crippen LogP contribution in [-0.4, -0.2) is 23.0 Å². The number of carbonyl (C=O) groups is 1. The third kappa shape index (κ3) is 1.82. The predicted octanol–water partition coefficient (Wildman–Crippen LogP) is 1.13. The summed E-state index contributed by atoms with van der Waals surface area (Å²) in [7, 11) is 0. The Kier molecular flexibility index (Phi) is 2.59. The molecule has 2 aliphatic rings. The molecule has 0 saturated heterocycles. The van der Waals surface area contributed by atoms with Gasteiger partial charge < -0.3 is 10.4 Å². The standard InChI is InChI=1S/C11H17NO2/c13-8-11(5-1-2-6-11)12-9-3-4-10(14)7-9/h7,12-13H,1-6,8H2. The molecule has 0 radical (unpaired) electrons. The van der Waals surface area contributed by atoms with Gasteiger partial charge >= 0.3 is 0 Å². The van der Waals surface area contributed by atoms with Gasteiger partial charge in [0.25, 0.3) is 0 Å². The van der Waals surface area contributed by atoms with E-state index in [-0.39, 0.29) is 17.9 Å². The molecule has 0 amide bonds. The number of hydrogen-bond acceptors (Lipinski definition) is 3. The molecule has 0 atom stereocenters. The minimum absolute atomic E-state index is 0.129. The molecule has 1 fully saturated rings. The molecule has 2 rings (SSSR count). The molecule has 0 aromatic carbocycles. The van der Waals surface area contributed by atoms with Crippen molar-refractivity contribution in [3.63, 3.8) is 0 Å². The Morgan fingerprint density at radius 2 is 2.07 bits per heavy atom. The van der Waals surface area contributed by atoms with Crippen LogP contribution in [0.15, 0.2) is 11.8 Å². The van der Waals surface area contributed by atoms with Gasteiger partial charge in [0.05, 0.1) is 12.1 Å². The van der Waals surface area contributed by atoms with E-state index in [1.807, 2.05) is 0 Å². The quantitative estimate of drug-likeness (QED) is 0.709. The molecule has 0 aromatic heterocycles. The Labute approximate surface area is 84.2 Å². The van der Waals surface area contributed by atoms with E-state index in [0.717, 1.165) is 25.0 Å². The number of nitrogens with one attached hydrogen (secondary N) is 1. The molecule has 3 nitrogen and oxygen atoms in total.